The molecule has 0 aliphatic rings. The number of hydrogen-bond acceptors (Lipinski definition) is 0. The molecular weight excluding hydrogens is 553 g/mol. The van der Waals surface area contributed by atoms with Gasteiger partial charge in [-0.1, -0.05) is 170 Å². The van der Waals surface area contributed by atoms with Crippen LogP contribution < -0.4 is 0 Å². The molecule has 0 aliphatic heterocycles. The van der Waals surface area contributed by atoms with Gasteiger partial charge in [-0.2, -0.15) is 0 Å². The molecule has 0 nitrogen and oxygen atoms in total. The Kier molecular flexibility index (Phi) is 6.25. The molecule has 9 rings (SSSR count). The highest BCUT2D eigenvalue weighted by Gasteiger charge is 2.20. The quantitative estimate of drug-likeness (QED) is 0.181. The number of fused-ring (bicyclic) bond motifs is 4. The molecule has 0 amide bonds. The molecule has 0 heterocycles. The lowest BCUT2D eigenvalue weighted by Gasteiger charge is -2.20. The molecule has 0 bridgehead atoms. The van der Waals surface area contributed by atoms with E-state index in [0.717, 1.165) is 0 Å². The van der Waals surface area contributed by atoms with Crippen LogP contribution in [-0.4, -0.2) is 0 Å². The van der Waals surface area contributed by atoms with Crippen molar-refractivity contribution < 1.29 is 0 Å². The lowest BCUT2D eigenvalue weighted by Crippen LogP contribution is -1.93. The van der Waals surface area contributed by atoms with Crippen molar-refractivity contribution in [2.75, 3.05) is 0 Å². The van der Waals surface area contributed by atoms with E-state index in [9.17, 15) is 0 Å². The van der Waals surface area contributed by atoms with Gasteiger partial charge in [0.1, 0.15) is 0 Å². The molecule has 46 heavy (non-hydrogen) atoms. The fourth-order valence-electron chi connectivity index (χ4n) is 7.33. The molecule has 0 spiro atoms. The summed E-state index contributed by atoms with van der Waals surface area (Å²) in [4.78, 5) is 0. The highest BCUT2D eigenvalue weighted by atomic mass is 14.2. The SMILES string of the molecule is c1ccc(-c2cccc(-c3ccc4c(-c5cccc6ccccc56)c5ccccc5c(-c5cccc6ccccc56)c4c3)c2)cc1. The first kappa shape index (κ1) is 26.4. The normalized spacial score (nSPS) is 11.5. The van der Waals surface area contributed by atoms with Crippen LogP contribution in [0, 0.1) is 0 Å². The van der Waals surface area contributed by atoms with E-state index in [-0.39, 0.29) is 0 Å². The zero-order valence-corrected chi connectivity index (χ0v) is 25.3. The van der Waals surface area contributed by atoms with Gasteiger partial charge in [0.2, 0.25) is 0 Å². The van der Waals surface area contributed by atoms with E-state index in [0.29, 0.717) is 0 Å². The summed E-state index contributed by atoms with van der Waals surface area (Å²) in [5, 5.41) is 10.1. The van der Waals surface area contributed by atoms with Gasteiger partial charge < -0.3 is 0 Å². The summed E-state index contributed by atoms with van der Waals surface area (Å²) in [5.74, 6) is 0. The minimum absolute atomic E-state index is 1.21. The first-order valence-corrected chi connectivity index (χ1v) is 15.9. The molecular formula is C46H30. The molecule has 0 radical (unpaired) electrons. The van der Waals surface area contributed by atoms with Crippen LogP contribution in [0.1, 0.15) is 0 Å². The Labute approximate surface area is 268 Å². The summed E-state index contributed by atoms with van der Waals surface area (Å²) in [5.41, 5.74) is 9.98. The second kappa shape index (κ2) is 10.9. The van der Waals surface area contributed by atoms with E-state index in [1.54, 1.807) is 0 Å². The minimum atomic E-state index is 1.21. The van der Waals surface area contributed by atoms with Gasteiger partial charge in [-0.15, -0.1) is 0 Å². The first-order chi connectivity index (χ1) is 22.8. The standard InChI is InChI=1S/C46H30/c1-2-13-31(14-3-1)34-19-10-20-35(29-34)36-27-28-43-44(30-36)46(40-26-12-18-33-16-5-7-22-38(33)40)42-24-9-8-23-41(42)45(43)39-25-11-17-32-15-4-6-21-37(32)39/h1-30H. The molecule has 0 saturated heterocycles. The summed E-state index contributed by atoms with van der Waals surface area (Å²) in [6, 6.07) is 66.6. The van der Waals surface area contributed by atoms with Crippen molar-refractivity contribution in [3.05, 3.63) is 182 Å². The van der Waals surface area contributed by atoms with E-state index in [1.807, 2.05) is 0 Å². The predicted molar refractivity (Wildman–Crippen MR) is 198 cm³/mol. The third-order valence-electron chi connectivity index (χ3n) is 9.44. The number of benzene rings is 9. The Bertz CT molecular complexity index is 2560. The molecule has 0 atom stereocenters. The van der Waals surface area contributed by atoms with Crippen molar-refractivity contribution >= 4 is 43.1 Å². The van der Waals surface area contributed by atoms with E-state index in [2.05, 4.69) is 182 Å². The van der Waals surface area contributed by atoms with E-state index in [4.69, 9.17) is 0 Å². The summed E-state index contributed by atoms with van der Waals surface area (Å²) < 4.78 is 0. The van der Waals surface area contributed by atoms with Crippen molar-refractivity contribution in [3.63, 3.8) is 0 Å². The molecule has 0 N–H and O–H groups in total. The molecule has 0 saturated carbocycles. The molecule has 9 aromatic rings. The third-order valence-corrected chi connectivity index (χ3v) is 9.44. The maximum Gasteiger partial charge on any atom is -0.00199 e. The van der Waals surface area contributed by atoms with Crippen LogP contribution in [0.2, 0.25) is 0 Å². The molecule has 0 aliphatic carbocycles. The summed E-state index contributed by atoms with van der Waals surface area (Å²) in [6.07, 6.45) is 0. The van der Waals surface area contributed by atoms with Crippen molar-refractivity contribution in [2.45, 2.75) is 0 Å². The summed E-state index contributed by atoms with van der Waals surface area (Å²) >= 11 is 0. The maximum absolute atomic E-state index is 2.43. The van der Waals surface area contributed by atoms with Crippen LogP contribution in [0.15, 0.2) is 182 Å². The predicted octanol–water partition coefficient (Wildman–Crippen LogP) is 13.0. The first-order valence-electron chi connectivity index (χ1n) is 15.9. The Morgan fingerprint density at radius 3 is 1.26 bits per heavy atom. The van der Waals surface area contributed by atoms with Gasteiger partial charge in [0.05, 0.1) is 0 Å². The highest BCUT2D eigenvalue weighted by Crippen LogP contribution is 2.47. The zero-order valence-electron chi connectivity index (χ0n) is 25.3. The Morgan fingerprint density at radius 2 is 0.630 bits per heavy atom. The maximum atomic E-state index is 2.43. The fraction of sp³-hybridized carbons (Fsp3) is 0. The Hall–Kier alpha value is -5.98. The lowest BCUT2D eigenvalue weighted by atomic mass is 9.83. The second-order valence-electron chi connectivity index (χ2n) is 12.1. The van der Waals surface area contributed by atoms with Crippen LogP contribution in [-0.2, 0) is 0 Å². The molecule has 0 unspecified atom stereocenters. The van der Waals surface area contributed by atoms with Gasteiger partial charge in [-0.25, -0.2) is 0 Å². The minimum Gasteiger partial charge on any atom is -0.0622 e. The zero-order chi connectivity index (χ0) is 30.5. The van der Waals surface area contributed by atoms with Crippen LogP contribution in [0.4, 0.5) is 0 Å². The Morgan fingerprint density at radius 1 is 0.217 bits per heavy atom. The molecule has 0 heteroatoms. The summed E-state index contributed by atoms with van der Waals surface area (Å²) in [7, 11) is 0. The lowest BCUT2D eigenvalue weighted by molar-refractivity contribution is 1.60. The molecule has 214 valence electrons. The van der Waals surface area contributed by atoms with Crippen LogP contribution >= 0.6 is 0 Å². The fourth-order valence-corrected chi connectivity index (χ4v) is 7.33. The van der Waals surface area contributed by atoms with Gasteiger partial charge in [-0.3, -0.25) is 0 Å². The number of hydrogen-bond donors (Lipinski definition) is 0. The molecule has 0 aromatic heterocycles. The Balaban J connectivity index is 1.41. The highest BCUT2D eigenvalue weighted by molar-refractivity contribution is 6.25. The van der Waals surface area contributed by atoms with Gasteiger partial charge in [-0.05, 0) is 99.7 Å². The molecule has 0 fully saturated rings. The average molecular weight is 583 g/mol. The van der Waals surface area contributed by atoms with Gasteiger partial charge >= 0.3 is 0 Å². The van der Waals surface area contributed by atoms with Crippen molar-refractivity contribution in [2.24, 2.45) is 0 Å². The summed E-state index contributed by atoms with van der Waals surface area (Å²) in [6.45, 7) is 0. The van der Waals surface area contributed by atoms with Crippen LogP contribution in [0.25, 0.3) is 87.6 Å². The second-order valence-corrected chi connectivity index (χ2v) is 12.1. The topological polar surface area (TPSA) is 0 Å². The monoisotopic (exact) mass is 582 g/mol. The van der Waals surface area contributed by atoms with Crippen molar-refractivity contribution in [3.8, 4) is 44.5 Å². The smallest absolute Gasteiger partial charge is 0.00199 e. The average Bonchev–Trinajstić information content (AvgIpc) is 3.14. The van der Waals surface area contributed by atoms with Gasteiger partial charge in [0.25, 0.3) is 0 Å². The third kappa shape index (κ3) is 4.30. The van der Waals surface area contributed by atoms with Crippen LogP contribution in [0.3, 0.4) is 0 Å². The number of rotatable bonds is 4. The van der Waals surface area contributed by atoms with E-state index >= 15 is 0 Å². The largest absolute Gasteiger partial charge is 0.0622 e. The van der Waals surface area contributed by atoms with E-state index in [1.165, 1.54) is 87.6 Å². The molecule has 9 aromatic carbocycles. The van der Waals surface area contributed by atoms with Crippen LogP contribution in [0.5, 0.6) is 0 Å². The van der Waals surface area contributed by atoms with E-state index < -0.39 is 0 Å². The van der Waals surface area contributed by atoms with Crippen molar-refractivity contribution in [1.82, 2.24) is 0 Å². The van der Waals surface area contributed by atoms with Gasteiger partial charge in [0.15, 0.2) is 0 Å². The van der Waals surface area contributed by atoms with Crippen molar-refractivity contribution in [1.29, 1.82) is 0 Å². The van der Waals surface area contributed by atoms with Gasteiger partial charge in [0, 0.05) is 0 Å².